The summed E-state index contributed by atoms with van der Waals surface area (Å²) in [7, 11) is -1.02. The van der Waals surface area contributed by atoms with Crippen LogP contribution >= 0.6 is 0 Å². The van der Waals surface area contributed by atoms with Gasteiger partial charge in [-0.25, -0.2) is 0 Å². The largest absolute Gasteiger partial charge is 0.300 e. The van der Waals surface area contributed by atoms with Crippen LogP contribution < -0.4 is 0 Å². The lowest BCUT2D eigenvalue weighted by atomic mass is 10.1. The Morgan fingerprint density at radius 3 is 2.56 bits per heavy atom. The molecule has 0 heterocycles. The van der Waals surface area contributed by atoms with E-state index < -0.39 is 10.8 Å². The first kappa shape index (κ1) is 11.5. The van der Waals surface area contributed by atoms with Crippen molar-refractivity contribution in [1.29, 1.82) is 0 Å². The van der Waals surface area contributed by atoms with Gasteiger partial charge in [-0.1, -0.05) is 6.07 Å². The van der Waals surface area contributed by atoms with E-state index in [1.54, 1.807) is 0 Å². The first-order valence-corrected chi connectivity index (χ1v) is 6.79. The second-order valence-electron chi connectivity index (χ2n) is 4.45. The van der Waals surface area contributed by atoms with E-state index in [1.807, 2.05) is 32.0 Å². The molecule has 3 heteroatoms. The standard InChI is InChI=1S/C13H16O2S/c1-9-3-5-12(7-10(9)2)16(15)13-6-4-11(14)8-13/h3,5,7,13H,4,6,8H2,1-2H3. The van der Waals surface area contributed by atoms with Gasteiger partial charge in [0.25, 0.3) is 0 Å². The molecule has 86 valence electrons. The van der Waals surface area contributed by atoms with E-state index in [1.165, 1.54) is 5.56 Å². The Kier molecular flexibility index (Phi) is 3.24. The molecule has 1 aliphatic rings. The minimum Gasteiger partial charge on any atom is -0.300 e. The molecule has 0 aliphatic heterocycles. The molecule has 0 amide bonds. The van der Waals surface area contributed by atoms with Crippen molar-refractivity contribution >= 4 is 16.6 Å². The van der Waals surface area contributed by atoms with Gasteiger partial charge in [0.05, 0.1) is 10.8 Å². The van der Waals surface area contributed by atoms with E-state index in [-0.39, 0.29) is 11.0 Å². The smallest absolute Gasteiger partial charge is 0.134 e. The summed E-state index contributed by atoms with van der Waals surface area (Å²) in [5.74, 6) is 0.252. The predicted octanol–water partition coefficient (Wildman–Crippen LogP) is 2.53. The van der Waals surface area contributed by atoms with Gasteiger partial charge in [0, 0.05) is 23.0 Å². The Bertz CT molecular complexity index is 451. The third-order valence-electron chi connectivity index (χ3n) is 3.21. The van der Waals surface area contributed by atoms with E-state index >= 15 is 0 Å². The molecule has 2 unspecified atom stereocenters. The normalized spacial score (nSPS) is 22.4. The van der Waals surface area contributed by atoms with Crippen molar-refractivity contribution in [1.82, 2.24) is 0 Å². The van der Waals surface area contributed by atoms with Crippen LogP contribution in [-0.2, 0) is 15.6 Å². The lowest BCUT2D eigenvalue weighted by Gasteiger charge is -2.10. The first-order chi connectivity index (χ1) is 7.58. The van der Waals surface area contributed by atoms with Gasteiger partial charge in [0.1, 0.15) is 5.78 Å². The molecular formula is C13H16O2S. The van der Waals surface area contributed by atoms with Crippen molar-refractivity contribution in [2.24, 2.45) is 0 Å². The molecule has 1 aromatic carbocycles. The number of carbonyl (C=O) groups is 1. The van der Waals surface area contributed by atoms with Crippen LogP contribution in [0.2, 0.25) is 0 Å². The molecule has 2 rings (SSSR count). The fourth-order valence-corrected chi connectivity index (χ4v) is 3.54. The molecule has 0 bridgehead atoms. The third-order valence-corrected chi connectivity index (χ3v) is 4.94. The average molecular weight is 236 g/mol. The zero-order valence-electron chi connectivity index (χ0n) is 9.66. The number of ketones is 1. The number of benzene rings is 1. The van der Waals surface area contributed by atoms with Crippen molar-refractivity contribution < 1.29 is 9.00 Å². The fourth-order valence-electron chi connectivity index (χ4n) is 1.99. The van der Waals surface area contributed by atoms with Crippen LogP contribution in [0.5, 0.6) is 0 Å². The summed E-state index contributed by atoms with van der Waals surface area (Å²) in [6.45, 7) is 4.07. The molecule has 0 spiro atoms. The lowest BCUT2D eigenvalue weighted by Crippen LogP contribution is -2.11. The van der Waals surface area contributed by atoms with Gasteiger partial charge < -0.3 is 0 Å². The quantitative estimate of drug-likeness (QED) is 0.790. The first-order valence-electron chi connectivity index (χ1n) is 5.57. The highest BCUT2D eigenvalue weighted by atomic mass is 32.2. The molecule has 1 aromatic rings. The van der Waals surface area contributed by atoms with Crippen molar-refractivity contribution in [3.8, 4) is 0 Å². The second-order valence-corrected chi connectivity index (χ2v) is 6.18. The van der Waals surface area contributed by atoms with Gasteiger partial charge in [0.2, 0.25) is 0 Å². The van der Waals surface area contributed by atoms with E-state index in [2.05, 4.69) is 0 Å². The van der Waals surface area contributed by atoms with Crippen molar-refractivity contribution in [2.75, 3.05) is 0 Å². The van der Waals surface area contributed by atoms with Crippen LogP contribution in [0.1, 0.15) is 30.4 Å². The zero-order valence-corrected chi connectivity index (χ0v) is 10.5. The molecule has 1 saturated carbocycles. The Morgan fingerprint density at radius 2 is 2.00 bits per heavy atom. The molecular weight excluding hydrogens is 220 g/mol. The number of carbonyl (C=O) groups excluding carboxylic acids is 1. The Labute approximate surface area is 98.5 Å². The fraction of sp³-hybridized carbons (Fsp3) is 0.462. The zero-order chi connectivity index (χ0) is 11.7. The molecule has 0 aromatic heterocycles. The molecule has 1 aliphatic carbocycles. The predicted molar refractivity (Wildman–Crippen MR) is 65.0 cm³/mol. The van der Waals surface area contributed by atoms with Crippen LogP contribution in [0.4, 0.5) is 0 Å². The summed E-state index contributed by atoms with van der Waals surface area (Å²) in [6, 6.07) is 5.90. The van der Waals surface area contributed by atoms with E-state index in [0.717, 1.165) is 16.9 Å². The minimum atomic E-state index is -1.02. The van der Waals surface area contributed by atoms with Gasteiger partial charge in [-0.3, -0.25) is 9.00 Å². The molecule has 0 saturated heterocycles. The maximum absolute atomic E-state index is 12.2. The second kappa shape index (κ2) is 4.50. The topological polar surface area (TPSA) is 34.1 Å². The van der Waals surface area contributed by atoms with E-state index in [0.29, 0.717) is 12.8 Å². The lowest BCUT2D eigenvalue weighted by molar-refractivity contribution is -0.117. The highest BCUT2D eigenvalue weighted by Gasteiger charge is 2.27. The maximum Gasteiger partial charge on any atom is 0.134 e. The monoisotopic (exact) mass is 236 g/mol. The summed E-state index contributed by atoms with van der Waals surface area (Å²) < 4.78 is 12.2. The highest BCUT2D eigenvalue weighted by Crippen LogP contribution is 2.25. The van der Waals surface area contributed by atoms with Gasteiger partial charge >= 0.3 is 0 Å². The molecule has 2 atom stereocenters. The van der Waals surface area contributed by atoms with Crippen molar-refractivity contribution in [3.63, 3.8) is 0 Å². The summed E-state index contributed by atoms with van der Waals surface area (Å²) in [5.41, 5.74) is 2.37. The van der Waals surface area contributed by atoms with Gasteiger partial charge in [-0.15, -0.1) is 0 Å². The Morgan fingerprint density at radius 1 is 1.25 bits per heavy atom. The van der Waals surface area contributed by atoms with Crippen LogP contribution in [0, 0.1) is 13.8 Å². The number of rotatable bonds is 2. The average Bonchev–Trinajstić information content (AvgIpc) is 2.68. The summed E-state index contributed by atoms with van der Waals surface area (Å²) in [5, 5.41) is 0.0367. The maximum atomic E-state index is 12.2. The van der Waals surface area contributed by atoms with Crippen LogP contribution in [0.15, 0.2) is 23.1 Å². The SMILES string of the molecule is Cc1ccc(S(=O)C2CCC(=O)C2)cc1C. The van der Waals surface area contributed by atoms with Crippen molar-refractivity contribution in [3.05, 3.63) is 29.3 Å². The van der Waals surface area contributed by atoms with Crippen molar-refractivity contribution in [2.45, 2.75) is 43.3 Å². The van der Waals surface area contributed by atoms with Crippen LogP contribution in [0.3, 0.4) is 0 Å². The summed E-state index contributed by atoms with van der Waals surface area (Å²) in [4.78, 5) is 12.0. The van der Waals surface area contributed by atoms with Gasteiger partial charge in [-0.05, 0) is 43.5 Å². The number of Topliss-reactive ketones (excluding diaryl/α,β-unsaturated/α-hetero) is 1. The van der Waals surface area contributed by atoms with E-state index in [9.17, 15) is 9.00 Å². The van der Waals surface area contributed by atoms with Crippen LogP contribution in [0.25, 0.3) is 0 Å². The van der Waals surface area contributed by atoms with Crippen LogP contribution in [-0.4, -0.2) is 15.2 Å². The summed E-state index contributed by atoms with van der Waals surface area (Å²) >= 11 is 0. The van der Waals surface area contributed by atoms with E-state index in [4.69, 9.17) is 0 Å². The molecule has 1 fully saturated rings. The Hall–Kier alpha value is -0.960. The number of hydrogen-bond donors (Lipinski definition) is 0. The number of hydrogen-bond acceptors (Lipinski definition) is 2. The molecule has 0 N–H and O–H groups in total. The number of aryl methyl sites for hydroxylation is 2. The highest BCUT2D eigenvalue weighted by molar-refractivity contribution is 7.85. The Balaban J connectivity index is 2.21. The minimum absolute atomic E-state index is 0.0367. The summed E-state index contributed by atoms with van der Waals surface area (Å²) in [6.07, 6.45) is 1.86. The van der Waals surface area contributed by atoms with Gasteiger partial charge in [-0.2, -0.15) is 0 Å². The molecule has 2 nitrogen and oxygen atoms in total. The van der Waals surface area contributed by atoms with Gasteiger partial charge in [0.15, 0.2) is 0 Å². The third kappa shape index (κ3) is 2.24. The molecule has 0 radical (unpaired) electrons. The molecule has 16 heavy (non-hydrogen) atoms.